The Balaban J connectivity index is 2.75. The van der Waals surface area contributed by atoms with E-state index < -0.39 is 0 Å². The molecule has 0 spiro atoms. The molecule has 0 nitrogen and oxygen atoms in total. The monoisotopic (exact) mass is 121 g/mol. The first-order valence-electron chi connectivity index (χ1n) is 1.75. The number of hydrogen-bond donors (Lipinski definition) is 0. The molecule has 6 heavy (non-hydrogen) atoms. The second kappa shape index (κ2) is 3.88. The van der Waals surface area contributed by atoms with Gasteiger partial charge in [-0.2, -0.15) is 11.8 Å². The molecule has 1 atom stereocenters. The summed E-state index contributed by atoms with van der Waals surface area (Å²) in [6, 6.07) is 0. The van der Waals surface area contributed by atoms with Gasteiger partial charge in [0, 0.05) is 10.8 Å². The number of thioether (sulfide) groups is 2. The maximum atomic E-state index is 3.65. The van der Waals surface area contributed by atoms with Crippen molar-refractivity contribution in [2.45, 2.75) is 11.5 Å². The minimum Gasteiger partial charge on any atom is -0.151 e. The summed E-state index contributed by atoms with van der Waals surface area (Å²) in [5.41, 5.74) is 0. The van der Waals surface area contributed by atoms with Crippen LogP contribution < -0.4 is 0 Å². The molecule has 0 aromatic rings. The van der Waals surface area contributed by atoms with Gasteiger partial charge in [-0.1, -0.05) is 0 Å². The Morgan fingerprint density at radius 1 is 1.67 bits per heavy atom. The lowest BCUT2D eigenvalue weighted by atomic mass is 11.0. The average molecular weight is 121 g/mol. The van der Waals surface area contributed by atoms with E-state index in [4.69, 9.17) is 0 Å². The van der Waals surface area contributed by atoms with Crippen LogP contribution in [-0.2, 0) is 0 Å². The molecule has 0 aromatic heterocycles. The Hall–Kier alpha value is 0.700. The van der Waals surface area contributed by atoms with E-state index in [1.807, 2.05) is 11.8 Å². The highest BCUT2D eigenvalue weighted by Crippen LogP contribution is 2.17. The summed E-state index contributed by atoms with van der Waals surface area (Å²) in [7, 11) is 0. The second-order valence-electron chi connectivity index (χ2n) is 0.970. The van der Waals surface area contributed by atoms with Gasteiger partial charge in [0.2, 0.25) is 0 Å². The predicted molar refractivity (Wildman–Crippen MR) is 35.9 cm³/mol. The minimum atomic E-state index is 0.657. The van der Waals surface area contributed by atoms with Gasteiger partial charge in [-0.05, 0) is 13.2 Å². The molecule has 37 valence electrons. The molecule has 0 fully saturated rings. The van der Waals surface area contributed by atoms with Crippen molar-refractivity contribution in [3.05, 3.63) is 6.26 Å². The van der Waals surface area contributed by atoms with Crippen LogP contribution in [0, 0.1) is 6.26 Å². The SMILES string of the molecule is [CH2]SC(C)SC. The van der Waals surface area contributed by atoms with Crippen LogP contribution in [-0.4, -0.2) is 10.8 Å². The van der Waals surface area contributed by atoms with E-state index in [2.05, 4.69) is 19.4 Å². The second-order valence-corrected chi connectivity index (χ2v) is 3.49. The quantitative estimate of drug-likeness (QED) is 0.514. The zero-order chi connectivity index (χ0) is 4.99. The topological polar surface area (TPSA) is 0 Å². The van der Waals surface area contributed by atoms with Crippen LogP contribution in [0.1, 0.15) is 6.92 Å². The van der Waals surface area contributed by atoms with Gasteiger partial charge in [0.25, 0.3) is 0 Å². The molecule has 0 aromatic carbocycles. The van der Waals surface area contributed by atoms with Gasteiger partial charge in [0.1, 0.15) is 0 Å². The van der Waals surface area contributed by atoms with E-state index in [1.165, 1.54) is 0 Å². The van der Waals surface area contributed by atoms with Crippen molar-refractivity contribution in [3.8, 4) is 0 Å². The van der Waals surface area contributed by atoms with Crippen LogP contribution in [0.15, 0.2) is 0 Å². The molecular weight excluding hydrogens is 112 g/mol. The van der Waals surface area contributed by atoms with Gasteiger partial charge in [-0.25, -0.2) is 0 Å². The highest BCUT2D eigenvalue weighted by molar-refractivity contribution is 8.17. The lowest BCUT2D eigenvalue weighted by molar-refractivity contribution is 1.43. The van der Waals surface area contributed by atoms with E-state index in [1.54, 1.807) is 11.8 Å². The fourth-order valence-electron chi connectivity index (χ4n) is 0.0680. The first kappa shape index (κ1) is 6.70. The molecule has 1 unspecified atom stereocenters. The summed E-state index contributed by atoms with van der Waals surface area (Å²) in [4.78, 5) is 0. The molecule has 0 N–H and O–H groups in total. The van der Waals surface area contributed by atoms with Crippen molar-refractivity contribution in [2.24, 2.45) is 0 Å². The Bertz CT molecular complexity index is 24.7. The molecule has 0 aliphatic carbocycles. The summed E-state index contributed by atoms with van der Waals surface area (Å²) in [5.74, 6) is 0. The van der Waals surface area contributed by atoms with Crippen molar-refractivity contribution in [2.75, 3.05) is 6.26 Å². The summed E-state index contributed by atoms with van der Waals surface area (Å²) in [5, 5.41) is 0. The molecule has 0 rings (SSSR count). The van der Waals surface area contributed by atoms with Crippen LogP contribution in [0.2, 0.25) is 0 Å². The molecule has 0 amide bonds. The van der Waals surface area contributed by atoms with Gasteiger partial charge < -0.3 is 0 Å². The standard InChI is InChI=1S/C4H9S2/c1-4(5-2)6-3/h4H,2H2,1,3H3. The van der Waals surface area contributed by atoms with E-state index in [0.29, 0.717) is 4.58 Å². The van der Waals surface area contributed by atoms with E-state index in [9.17, 15) is 0 Å². The molecule has 0 saturated heterocycles. The molecular formula is C4H9S2. The van der Waals surface area contributed by atoms with Crippen molar-refractivity contribution in [3.63, 3.8) is 0 Å². The van der Waals surface area contributed by atoms with Crippen LogP contribution in [0.3, 0.4) is 0 Å². The van der Waals surface area contributed by atoms with E-state index in [0.717, 1.165) is 0 Å². The summed E-state index contributed by atoms with van der Waals surface area (Å²) < 4.78 is 0.657. The number of hydrogen-bond acceptors (Lipinski definition) is 2. The smallest absolute Gasteiger partial charge is 0.0471 e. The normalized spacial score (nSPS) is 10.0. The Labute approximate surface area is 48.1 Å². The minimum absolute atomic E-state index is 0.657. The van der Waals surface area contributed by atoms with E-state index in [-0.39, 0.29) is 0 Å². The third kappa shape index (κ3) is 2.91. The van der Waals surface area contributed by atoms with E-state index >= 15 is 0 Å². The summed E-state index contributed by atoms with van der Waals surface area (Å²) >= 11 is 3.46. The molecule has 0 saturated carbocycles. The zero-order valence-corrected chi connectivity index (χ0v) is 5.73. The third-order valence-electron chi connectivity index (χ3n) is 0.567. The molecule has 0 aliphatic rings. The molecule has 0 aliphatic heterocycles. The van der Waals surface area contributed by atoms with Gasteiger partial charge in [0.15, 0.2) is 0 Å². The fourth-order valence-corrected chi connectivity index (χ4v) is 0.612. The molecule has 2 heteroatoms. The van der Waals surface area contributed by atoms with Gasteiger partial charge in [-0.3, -0.25) is 0 Å². The predicted octanol–water partition coefficient (Wildman–Crippen LogP) is 2.22. The van der Waals surface area contributed by atoms with Gasteiger partial charge >= 0.3 is 0 Å². The average Bonchev–Trinajstić information content (AvgIpc) is 1.65. The maximum Gasteiger partial charge on any atom is 0.0471 e. The molecule has 0 heterocycles. The third-order valence-corrected chi connectivity index (χ3v) is 2.69. The van der Waals surface area contributed by atoms with Crippen molar-refractivity contribution >= 4 is 23.5 Å². The zero-order valence-electron chi connectivity index (χ0n) is 4.10. The van der Waals surface area contributed by atoms with Crippen molar-refractivity contribution in [1.29, 1.82) is 0 Å². The van der Waals surface area contributed by atoms with Crippen LogP contribution >= 0.6 is 23.5 Å². The molecule has 1 radical (unpaired) electrons. The summed E-state index contributed by atoms with van der Waals surface area (Å²) in [6.07, 6.45) is 5.74. The maximum absolute atomic E-state index is 3.65. The van der Waals surface area contributed by atoms with Gasteiger partial charge in [0.05, 0.1) is 0 Å². The first-order valence-corrected chi connectivity index (χ1v) is 4.08. The summed E-state index contributed by atoms with van der Waals surface area (Å²) in [6.45, 7) is 2.14. The lowest BCUT2D eigenvalue weighted by Crippen LogP contribution is -1.79. The Kier molecular flexibility index (Phi) is 4.33. The highest BCUT2D eigenvalue weighted by Gasteiger charge is 1.89. The van der Waals surface area contributed by atoms with Crippen LogP contribution in [0.4, 0.5) is 0 Å². The fraction of sp³-hybridized carbons (Fsp3) is 0.750. The number of rotatable bonds is 2. The van der Waals surface area contributed by atoms with Crippen molar-refractivity contribution in [1.82, 2.24) is 0 Å². The first-order chi connectivity index (χ1) is 2.81. The lowest BCUT2D eigenvalue weighted by Gasteiger charge is -1.98. The van der Waals surface area contributed by atoms with Crippen molar-refractivity contribution < 1.29 is 0 Å². The largest absolute Gasteiger partial charge is 0.151 e. The van der Waals surface area contributed by atoms with Gasteiger partial charge in [-0.15, -0.1) is 11.8 Å². The Morgan fingerprint density at radius 2 is 2.17 bits per heavy atom. The van der Waals surface area contributed by atoms with Crippen LogP contribution in [0.25, 0.3) is 0 Å². The van der Waals surface area contributed by atoms with Crippen LogP contribution in [0.5, 0.6) is 0 Å². The Morgan fingerprint density at radius 3 is 2.17 bits per heavy atom. The highest BCUT2D eigenvalue weighted by atomic mass is 32.2. The molecule has 0 bridgehead atoms.